The van der Waals surface area contributed by atoms with Gasteiger partial charge >= 0.3 is 6.18 Å². The van der Waals surface area contributed by atoms with Crippen molar-refractivity contribution in [1.29, 1.82) is 0 Å². The smallest absolute Gasteiger partial charge is 0.449 e. The van der Waals surface area contributed by atoms with Gasteiger partial charge in [0.15, 0.2) is 0 Å². The molecule has 45 heavy (non-hydrogen) atoms. The minimum atomic E-state index is -4.73. The first-order valence-corrected chi connectivity index (χ1v) is 15.1. The molecule has 1 N–H and O–H groups in total. The second-order valence-electron chi connectivity index (χ2n) is 10.7. The number of rotatable bonds is 7. The number of imidazole rings is 2. The Bertz CT molecular complexity index is 1990. The quantitative estimate of drug-likeness (QED) is 0.246. The highest BCUT2D eigenvalue weighted by molar-refractivity contribution is 7.09. The van der Waals surface area contributed by atoms with Gasteiger partial charge in [-0.15, -0.1) is 11.3 Å². The molecule has 4 aromatic heterocycles. The second-order valence-corrected chi connectivity index (χ2v) is 11.7. The van der Waals surface area contributed by atoms with Crippen LogP contribution in [0.5, 0.6) is 5.88 Å². The predicted molar refractivity (Wildman–Crippen MR) is 162 cm³/mol. The maximum absolute atomic E-state index is 14.0. The second kappa shape index (κ2) is 11.6. The summed E-state index contributed by atoms with van der Waals surface area (Å²) in [6, 6.07) is 15.4. The van der Waals surface area contributed by atoms with Crippen LogP contribution in [0, 0.1) is 0 Å². The lowest BCUT2D eigenvalue weighted by atomic mass is 10.1. The Labute approximate surface area is 259 Å². The third-order valence-corrected chi connectivity index (χ3v) is 8.68. The molecule has 0 saturated carbocycles. The van der Waals surface area contributed by atoms with Gasteiger partial charge in [0.1, 0.15) is 23.4 Å². The minimum Gasteiger partial charge on any atom is -0.480 e. The number of benzene rings is 2. The van der Waals surface area contributed by atoms with Gasteiger partial charge in [0.2, 0.25) is 17.6 Å². The zero-order chi connectivity index (χ0) is 31.1. The number of hydrogen-bond acceptors (Lipinski definition) is 8. The van der Waals surface area contributed by atoms with Crippen LogP contribution in [0.2, 0.25) is 0 Å². The van der Waals surface area contributed by atoms with Gasteiger partial charge in [-0.3, -0.25) is 9.69 Å². The van der Waals surface area contributed by atoms with Crippen molar-refractivity contribution in [2.24, 2.45) is 0 Å². The molecule has 1 atom stereocenters. The number of halogens is 3. The molecule has 0 unspecified atom stereocenters. The van der Waals surface area contributed by atoms with Crippen LogP contribution < -0.4 is 4.74 Å². The van der Waals surface area contributed by atoms with Crippen LogP contribution in [-0.2, 0) is 24.1 Å². The topological polar surface area (TPSA) is 105 Å². The summed E-state index contributed by atoms with van der Waals surface area (Å²) in [5.74, 6) is -0.654. The van der Waals surface area contributed by atoms with Crippen LogP contribution in [-0.4, -0.2) is 71.9 Å². The molecule has 10 nitrogen and oxygen atoms in total. The van der Waals surface area contributed by atoms with E-state index >= 15 is 0 Å². The van der Waals surface area contributed by atoms with E-state index in [4.69, 9.17) is 4.74 Å². The number of H-pyrrole nitrogens is 1. The van der Waals surface area contributed by atoms with Crippen molar-refractivity contribution in [3.63, 3.8) is 0 Å². The number of aromatic nitrogens is 6. The number of fused-ring (bicyclic) bond motifs is 2. The number of thiazole rings is 1. The van der Waals surface area contributed by atoms with Crippen molar-refractivity contribution in [3.05, 3.63) is 89.0 Å². The Morgan fingerprint density at radius 1 is 1.07 bits per heavy atom. The van der Waals surface area contributed by atoms with E-state index in [9.17, 15) is 18.0 Å². The maximum atomic E-state index is 14.0. The molecule has 0 aliphatic carbocycles. The number of amides is 1. The Balaban J connectivity index is 1.23. The monoisotopic (exact) mass is 632 g/mol. The van der Waals surface area contributed by atoms with Crippen LogP contribution in [0.3, 0.4) is 0 Å². The van der Waals surface area contributed by atoms with E-state index in [0.717, 1.165) is 20.5 Å². The van der Waals surface area contributed by atoms with Gasteiger partial charge < -0.3 is 19.2 Å². The molecule has 1 fully saturated rings. The molecule has 2 aromatic carbocycles. The number of ether oxygens (including phenoxy) is 1. The molecule has 230 valence electrons. The lowest BCUT2D eigenvalue weighted by molar-refractivity contribution is -0.148. The van der Waals surface area contributed by atoms with Crippen molar-refractivity contribution < 1.29 is 22.7 Å². The number of nitrogens with one attached hydrogen (secondary N) is 1. The van der Waals surface area contributed by atoms with Gasteiger partial charge in [-0.2, -0.15) is 13.2 Å². The fourth-order valence-corrected chi connectivity index (χ4v) is 6.46. The number of piperazine rings is 1. The molecule has 1 saturated heterocycles. The van der Waals surface area contributed by atoms with Crippen LogP contribution in [0.25, 0.3) is 33.2 Å². The number of pyridine rings is 1. The Morgan fingerprint density at radius 2 is 1.87 bits per heavy atom. The van der Waals surface area contributed by atoms with E-state index in [0.29, 0.717) is 49.1 Å². The predicted octanol–water partition coefficient (Wildman–Crippen LogP) is 5.54. The average Bonchev–Trinajstić information content (AvgIpc) is 3.81. The molecule has 7 rings (SSSR count). The third kappa shape index (κ3) is 5.62. The lowest BCUT2D eigenvalue weighted by Crippen LogP contribution is -2.51. The maximum Gasteiger partial charge on any atom is 0.449 e. The number of methoxy groups -OCH3 is 1. The van der Waals surface area contributed by atoms with Gasteiger partial charge in [-0.1, -0.05) is 30.3 Å². The number of nitrogens with zero attached hydrogens (tertiary/aromatic N) is 7. The summed E-state index contributed by atoms with van der Waals surface area (Å²) in [5.41, 5.74) is 2.54. The molecule has 14 heteroatoms. The van der Waals surface area contributed by atoms with Crippen molar-refractivity contribution >= 4 is 39.2 Å². The number of aromatic amines is 1. The van der Waals surface area contributed by atoms with E-state index in [-0.39, 0.29) is 11.0 Å². The number of hydrogen-bond donors (Lipinski definition) is 1. The Kier molecular flexibility index (Phi) is 7.45. The van der Waals surface area contributed by atoms with E-state index in [1.807, 2.05) is 35.7 Å². The van der Waals surface area contributed by atoms with Gasteiger partial charge in [0.05, 0.1) is 47.7 Å². The summed E-state index contributed by atoms with van der Waals surface area (Å²) in [6.07, 6.45) is -1.32. The van der Waals surface area contributed by atoms with Gasteiger partial charge in [0, 0.05) is 36.6 Å². The number of para-hydroxylation sites is 3. The Hall–Kier alpha value is -4.82. The average molecular weight is 633 g/mol. The molecular weight excluding hydrogens is 605 g/mol. The minimum absolute atomic E-state index is 0.177. The molecule has 0 bridgehead atoms. The van der Waals surface area contributed by atoms with E-state index in [1.54, 1.807) is 47.9 Å². The fourth-order valence-electron chi connectivity index (χ4n) is 5.81. The van der Waals surface area contributed by atoms with Gasteiger partial charge in [-0.25, -0.2) is 19.9 Å². The summed E-state index contributed by atoms with van der Waals surface area (Å²) in [6.45, 7) is 1.28. The summed E-state index contributed by atoms with van der Waals surface area (Å²) in [7, 11) is 1.55. The zero-order valence-corrected chi connectivity index (χ0v) is 24.8. The summed E-state index contributed by atoms with van der Waals surface area (Å²) >= 11 is 1.54. The highest BCUT2D eigenvalue weighted by Crippen LogP contribution is 2.34. The van der Waals surface area contributed by atoms with Crippen LogP contribution >= 0.6 is 11.3 Å². The summed E-state index contributed by atoms with van der Waals surface area (Å²) in [5, 5.41) is 3.76. The Morgan fingerprint density at radius 3 is 2.64 bits per heavy atom. The highest BCUT2D eigenvalue weighted by atomic mass is 32.1. The lowest BCUT2D eigenvalue weighted by Gasteiger charge is -2.40. The van der Waals surface area contributed by atoms with Crippen LogP contribution in [0.4, 0.5) is 13.2 Å². The molecular formula is C31H27F3N8O2S. The van der Waals surface area contributed by atoms with Crippen molar-refractivity contribution in [3.8, 4) is 17.1 Å². The first kappa shape index (κ1) is 28.9. The molecule has 0 spiro atoms. The van der Waals surface area contributed by atoms with Crippen molar-refractivity contribution in [1.82, 2.24) is 39.3 Å². The highest BCUT2D eigenvalue weighted by Gasteiger charge is 2.40. The van der Waals surface area contributed by atoms with Crippen LogP contribution in [0.1, 0.15) is 22.7 Å². The molecule has 5 heterocycles. The first-order chi connectivity index (χ1) is 21.8. The van der Waals surface area contributed by atoms with Gasteiger partial charge in [0.25, 0.3) is 0 Å². The zero-order valence-electron chi connectivity index (χ0n) is 24.0. The number of carbonyl (C=O) groups is 1. The van der Waals surface area contributed by atoms with E-state index < -0.39 is 30.5 Å². The van der Waals surface area contributed by atoms with E-state index in [2.05, 4.69) is 29.8 Å². The molecule has 0 radical (unpaired) electrons. The standard InChI is InChI=1S/C31H27F3N8O2S/c1-44-29-20(14-19-6-2-3-7-21(19)38-29)23-15-36-28(37-23)25-16-40(17-26-35-10-13-45-26)11-12-41(25)27(43)18-42-24-9-5-4-8-22(24)39-30(42)31(32,33)34/h2-10,13-15,25H,11-12,16-18H2,1H3,(H,36,37)/t25-/m0/s1. The normalized spacial score (nSPS) is 16.1. The van der Waals surface area contributed by atoms with Crippen LogP contribution in [0.15, 0.2) is 72.4 Å². The van der Waals surface area contributed by atoms with Gasteiger partial charge in [-0.05, 0) is 24.3 Å². The SMILES string of the molecule is COc1nc2ccccc2cc1-c1cnc([C@@H]2CN(Cc3nccs3)CCN2C(=O)Cn2c(C(F)(F)F)nc3ccccc32)[nH]1. The largest absolute Gasteiger partial charge is 0.480 e. The summed E-state index contributed by atoms with van der Waals surface area (Å²) in [4.78, 5) is 38.6. The van der Waals surface area contributed by atoms with E-state index in [1.165, 1.54) is 12.1 Å². The fraction of sp³-hybridized carbons (Fsp3) is 0.258. The van der Waals surface area contributed by atoms with Crippen molar-refractivity contribution in [2.45, 2.75) is 25.3 Å². The third-order valence-electron chi connectivity index (χ3n) is 7.91. The molecule has 1 amide bonds. The number of alkyl halides is 3. The first-order valence-electron chi connectivity index (χ1n) is 14.2. The molecule has 1 aliphatic rings. The summed E-state index contributed by atoms with van der Waals surface area (Å²) < 4.78 is 48.6. The van der Waals surface area contributed by atoms with Crippen molar-refractivity contribution in [2.75, 3.05) is 26.7 Å². The molecule has 6 aromatic rings. The molecule has 1 aliphatic heterocycles. The number of carbonyl (C=O) groups excluding carboxylic acids is 1.